The Labute approximate surface area is 102 Å². The number of aliphatic hydroxyl groups is 5. The van der Waals surface area contributed by atoms with Crippen molar-refractivity contribution in [2.45, 2.75) is 48.4 Å². The molecule has 1 aliphatic heterocycles. The zero-order valence-corrected chi connectivity index (χ0v) is 10.5. The van der Waals surface area contributed by atoms with Gasteiger partial charge in [-0.15, -0.1) is 0 Å². The minimum atomic E-state index is -2.11. The van der Waals surface area contributed by atoms with E-state index in [4.69, 9.17) is 9.84 Å². The molecule has 1 heterocycles. The molecule has 7 heteroatoms. The molecule has 1 fully saturated rings. The second-order valence-electron chi connectivity index (χ2n) is 4.01. The van der Waals surface area contributed by atoms with Crippen molar-refractivity contribution in [3.63, 3.8) is 0 Å². The predicted molar refractivity (Wildman–Crippen MR) is 57.7 cm³/mol. The van der Waals surface area contributed by atoms with Crippen LogP contribution in [0.25, 0.3) is 0 Å². The van der Waals surface area contributed by atoms with Crippen molar-refractivity contribution in [3.05, 3.63) is 0 Å². The highest BCUT2D eigenvalue weighted by Gasteiger charge is 2.59. The molecular formula is C9H17BrO6. The highest BCUT2D eigenvalue weighted by atomic mass is 79.9. The average molecular weight is 301 g/mol. The first-order valence-corrected chi connectivity index (χ1v) is 5.87. The number of ether oxygens (including phenoxy) is 1. The molecule has 6 nitrogen and oxygen atoms in total. The Morgan fingerprint density at radius 1 is 1.31 bits per heavy atom. The smallest absolute Gasteiger partial charge is 0.196 e. The normalized spacial score (nSPS) is 49.3. The molecule has 1 rings (SSSR count). The molecule has 0 aromatic heterocycles. The van der Waals surface area contributed by atoms with Gasteiger partial charge in [-0.2, -0.15) is 0 Å². The van der Waals surface area contributed by atoms with Gasteiger partial charge < -0.3 is 30.3 Å². The monoisotopic (exact) mass is 300 g/mol. The summed E-state index contributed by atoms with van der Waals surface area (Å²) in [5.41, 5.74) is 0. The predicted octanol–water partition coefficient (Wildman–Crippen LogP) is -1.33. The fourth-order valence-electron chi connectivity index (χ4n) is 1.82. The van der Waals surface area contributed by atoms with Crippen molar-refractivity contribution >= 4 is 15.9 Å². The third kappa shape index (κ3) is 2.26. The molecule has 16 heavy (non-hydrogen) atoms. The second-order valence-corrected chi connectivity index (χ2v) is 5.28. The molecule has 0 aliphatic carbocycles. The number of rotatable bonds is 3. The molecule has 5 N–H and O–H groups in total. The van der Waals surface area contributed by atoms with E-state index in [1.165, 1.54) is 0 Å². The Morgan fingerprint density at radius 2 is 1.88 bits per heavy atom. The van der Waals surface area contributed by atoms with Gasteiger partial charge in [0.25, 0.3) is 0 Å². The van der Waals surface area contributed by atoms with E-state index in [-0.39, 0.29) is 6.42 Å². The minimum absolute atomic E-state index is 0.0747. The molecule has 96 valence electrons. The van der Waals surface area contributed by atoms with E-state index in [9.17, 15) is 20.4 Å². The summed E-state index contributed by atoms with van der Waals surface area (Å²) in [5, 5.41) is 48.2. The second kappa shape index (κ2) is 4.85. The Hall–Kier alpha value is 0.240. The van der Waals surface area contributed by atoms with E-state index in [1.54, 1.807) is 6.92 Å². The van der Waals surface area contributed by atoms with Gasteiger partial charge in [0.2, 0.25) is 0 Å². The summed E-state index contributed by atoms with van der Waals surface area (Å²) < 4.78 is 2.93. The van der Waals surface area contributed by atoms with Crippen LogP contribution in [0.15, 0.2) is 0 Å². The van der Waals surface area contributed by atoms with Crippen LogP contribution in [0, 0.1) is 0 Å². The molecule has 0 aromatic rings. The van der Waals surface area contributed by atoms with Crippen LogP contribution < -0.4 is 0 Å². The third-order valence-corrected chi connectivity index (χ3v) is 3.62. The standard InChI is InChI=1S/C9H17BrO6/c1-2-3-8(14)7(13)9(10,15)6(12)5(4-11)16-8/h5-7,11-15H,2-4H2,1H3/t5-,6-,7-,8?,9+/m1/s1. The third-order valence-electron chi connectivity index (χ3n) is 2.72. The van der Waals surface area contributed by atoms with Gasteiger partial charge in [-0.25, -0.2) is 0 Å². The van der Waals surface area contributed by atoms with Gasteiger partial charge >= 0.3 is 0 Å². The highest BCUT2D eigenvalue weighted by molar-refractivity contribution is 9.10. The number of hydrogen-bond donors (Lipinski definition) is 5. The summed E-state index contributed by atoms with van der Waals surface area (Å²) in [7, 11) is 0. The quantitative estimate of drug-likeness (QED) is 0.413. The lowest BCUT2D eigenvalue weighted by Crippen LogP contribution is -2.69. The molecule has 1 aliphatic rings. The van der Waals surface area contributed by atoms with E-state index in [2.05, 4.69) is 15.9 Å². The Bertz CT molecular complexity index is 248. The summed E-state index contributed by atoms with van der Waals surface area (Å²) in [6.45, 7) is 1.19. The van der Waals surface area contributed by atoms with E-state index in [0.29, 0.717) is 6.42 Å². The van der Waals surface area contributed by atoms with Crippen LogP contribution in [0.2, 0.25) is 0 Å². The summed E-state index contributed by atoms with van der Waals surface area (Å²) in [6, 6.07) is 0. The van der Waals surface area contributed by atoms with Gasteiger partial charge in [0.05, 0.1) is 6.61 Å². The van der Waals surface area contributed by atoms with Crippen LogP contribution in [0.3, 0.4) is 0 Å². The van der Waals surface area contributed by atoms with Crippen molar-refractivity contribution in [1.82, 2.24) is 0 Å². The van der Waals surface area contributed by atoms with Crippen molar-refractivity contribution in [2.75, 3.05) is 6.61 Å². The summed E-state index contributed by atoms with van der Waals surface area (Å²) >= 11 is 2.75. The van der Waals surface area contributed by atoms with E-state index in [0.717, 1.165) is 0 Å². The molecule has 5 atom stereocenters. The zero-order chi connectivity index (χ0) is 12.6. The SMILES string of the molecule is CCCC1(O)O[C@H](CO)[C@@H](O)[C@@](O)(Br)[C@@H]1O. The van der Waals surface area contributed by atoms with Crippen LogP contribution in [0.5, 0.6) is 0 Å². The highest BCUT2D eigenvalue weighted by Crippen LogP contribution is 2.40. The maximum atomic E-state index is 10.0. The molecule has 0 saturated carbocycles. The van der Waals surface area contributed by atoms with Gasteiger partial charge in [0.15, 0.2) is 10.3 Å². The fourth-order valence-corrected chi connectivity index (χ4v) is 2.47. The Morgan fingerprint density at radius 3 is 2.31 bits per heavy atom. The van der Waals surface area contributed by atoms with Gasteiger partial charge in [-0.05, 0) is 15.9 Å². The van der Waals surface area contributed by atoms with Crippen molar-refractivity contribution in [2.24, 2.45) is 0 Å². The molecule has 0 spiro atoms. The Balaban J connectivity index is 2.98. The molecule has 0 aromatic carbocycles. The van der Waals surface area contributed by atoms with E-state index >= 15 is 0 Å². The fraction of sp³-hybridized carbons (Fsp3) is 1.00. The van der Waals surface area contributed by atoms with Crippen LogP contribution in [0.4, 0.5) is 0 Å². The van der Waals surface area contributed by atoms with Crippen LogP contribution >= 0.6 is 15.9 Å². The van der Waals surface area contributed by atoms with Gasteiger partial charge in [0.1, 0.15) is 18.3 Å². The minimum Gasteiger partial charge on any atom is -0.394 e. The summed E-state index contributed by atoms with van der Waals surface area (Å²) in [6.07, 6.45) is -3.83. The van der Waals surface area contributed by atoms with Gasteiger partial charge in [-0.1, -0.05) is 13.3 Å². The maximum Gasteiger partial charge on any atom is 0.196 e. The summed E-state index contributed by atoms with van der Waals surface area (Å²) in [5.74, 6) is -1.99. The number of halogens is 1. The molecule has 0 amide bonds. The van der Waals surface area contributed by atoms with Crippen molar-refractivity contribution < 1.29 is 30.3 Å². The molecule has 0 radical (unpaired) electrons. The van der Waals surface area contributed by atoms with E-state index in [1.807, 2.05) is 0 Å². The zero-order valence-electron chi connectivity index (χ0n) is 8.88. The number of hydrogen-bond acceptors (Lipinski definition) is 6. The first-order chi connectivity index (χ1) is 7.29. The van der Waals surface area contributed by atoms with Crippen LogP contribution in [-0.4, -0.2) is 60.7 Å². The lowest BCUT2D eigenvalue weighted by atomic mass is 9.90. The number of alkyl halides is 1. The van der Waals surface area contributed by atoms with Crippen molar-refractivity contribution in [1.29, 1.82) is 0 Å². The molecule has 1 unspecified atom stereocenters. The van der Waals surface area contributed by atoms with Crippen LogP contribution in [0.1, 0.15) is 19.8 Å². The lowest BCUT2D eigenvalue weighted by Gasteiger charge is -2.49. The maximum absolute atomic E-state index is 10.0. The lowest BCUT2D eigenvalue weighted by molar-refractivity contribution is -0.357. The summed E-state index contributed by atoms with van der Waals surface area (Å²) in [4.78, 5) is 0. The molecule has 0 bridgehead atoms. The van der Waals surface area contributed by atoms with Gasteiger partial charge in [0, 0.05) is 6.42 Å². The largest absolute Gasteiger partial charge is 0.394 e. The Kier molecular flexibility index (Phi) is 4.34. The number of aliphatic hydroxyl groups excluding tert-OH is 3. The topological polar surface area (TPSA) is 110 Å². The first kappa shape index (κ1) is 14.3. The van der Waals surface area contributed by atoms with Gasteiger partial charge in [-0.3, -0.25) is 0 Å². The molecular weight excluding hydrogens is 284 g/mol. The first-order valence-electron chi connectivity index (χ1n) is 5.08. The van der Waals surface area contributed by atoms with E-state index < -0.39 is 35.2 Å². The molecule has 1 saturated heterocycles. The van der Waals surface area contributed by atoms with Crippen molar-refractivity contribution in [3.8, 4) is 0 Å². The van der Waals surface area contributed by atoms with Crippen LogP contribution in [-0.2, 0) is 4.74 Å². The average Bonchev–Trinajstić information content (AvgIpc) is 2.22.